The van der Waals surface area contributed by atoms with Gasteiger partial charge >= 0.3 is 11.9 Å². The number of carbonyl (C=O) groups is 2. The Morgan fingerprint density at radius 3 is 2.47 bits per heavy atom. The molecule has 0 heterocycles. The van der Waals surface area contributed by atoms with E-state index in [2.05, 4.69) is 17.9 Å². The molecule has 0 aromatic heterocycles. The van der Waals surface area contributed by atoms with Crippen molar-refractivity contribution in [3.8, 4) is 0 Å². The van der Waals surface area contributed by atoms with Crippen molar-refractivity contribution in [1.82, 2.24) is 0 Å². The quantitative estimate of drug-likeness (QED) is 0.181. The van der Waals surface area contributed by atoms with Gasteiger partial charge in [0.1, 0.15) is 6.10 Å². The maximum Gasteiger partial charge on any atom is 0.338 e. The fraction of sp³-hybridized carbons (Fsp3) is 0.462. The summed E-state index contributed by atoms with van der Waals surface area (Å²) in [5, 5.41) is 22.9. The van der Waals surface area contributed by atoms with E-state index in [0.717, 1.165) is 5.57 Å². The van der Waals surface area contributed by atoms with Gasteiger partial charge in [-0.3, -0.25) is 10.1 Å². The largest absolute Gasteiger partial charge is 0.466 e. The second-order valence-electron chi connectivity index (χ2n) is 9.15. The number of ether oxygens (including phenoxy) is 2. The van der Waals surface area contributed by atoms with Crippen LogP contribution in [0.25, 0.3) is 0 Å². The summed E-state index contributed by atoms with van der Waals surface area (Å²) >= 11 is 0. The number of benzene rings is 1. The predicted octanol–water partition coefficient (Wildman–Crippen LogP) is 4.79. The lowest BCUT2D eigenvalue weighted by atomic mass is 9.54. The first-order valence-electron chi connectivity index (χ1n) is 11.1. The molecular formula is C26H33NO7. The number of hydrogen-bond donors (Lipinski definition) is 1. The highest BCUT2D eigenvalue weighted by Gasteiger charge is 2.58. The van der Waals surface area contributed by atoms with Gasteiger partial charge in [0.25, 0.3) is 5.69 Å². The molecule has 8 nitrogen and oxygen atoms in total. The third-order valence-corrected chi connectivity index (χ3v) is 7.10. The Morgan fingerprint density at radius 1 is 1.35 bits per heavy atom. The van der Waals surface area contributed by atoms with E-state index in [9.17, 15) is 24.8 Å². The van der Waals surface area contributed by atoms with Gasteiger partial charge in [-0.15, -0.1) is 6.58 Å². The van der Waals surface area contributed by atoms with E-state index in [1.54, 1.807) is 12.2 Å². The molecule has 0 amide bonds. The number of nitrogens with zero attached hydrogens (tertiary/aromatic N) is 1. The molecule has 34 heavy (non-hydrogen) atoms. The molecule has 1 aliphatic carbocycles. The molecule has 184 valence electrons. The minimum Gasteiger partial charge on any atom is -0.466 e. The third-order valence-electron chi connectivity index (χ3n) is 7.10. The van der Waals surface area contributed by atoms with Crippen LogP contribution >= 0.6 is 0 Å². The summed E-state index contributed by atoms with van der Waals surface area (Å²) in [5.74, 6) is -1.56. The van der Waals surface area contributed by atoms with Crippen LogP contribution in [0.5, 0.6) is 0 Å². The van der Waals surface area contributed by atoms with E-state index >= 15 is 0 Å². The van der Waals surface area contributed by atoms with Crippen LogP contribution < -0.4 is 0 Å². The van der Waals surface area contributed by atoms with Gasteiger partial charge in [0.15, 0.2) is 0 Å². The number of esters is 2. The molecule has 5 atom stereocenters. The van der Waals surface area contributed by atoms with Crippen LogP contribution in [0.15, 0.2) is 61.2 Å². The minimum absolute atomic E-state index is 0.111. The van der Waals surface area contributed by atoms with Crippen molar-refractivity contribution >= 4 is 17.6 Å². The smallest absolute Gasteiger partial charge is 0.338 e. The Bertz CT molecular complexity index is 983. The first kappa shape index (κ1) is 27.0. The number of hydrogen-bond acceptors (Lipinski definition) is 7. The number of nitro benzene ring substituents is 1. The minimum atomic E-state index is -1.32. The van der Waals surface area contributed by atoms with E-state index in [1.165, 1.54) is 37.5 Å². The summed E-state index contributed by atoms with van der Waals surface area (Å²) in [5.41, 5.74) is -1.42. The van der Waals surface area contributed by atoms with Crippen LogP contribution in [0.2, 0.25) is 0 Å². The number of allylic oxidation sites excluding steroid dienone is 2. The zero-order valence-electron chi connectivity index (χ0n) is 20.2. The Balaban J connectivity index is 2.37. The van der Waals surface area contributed by atoms with E-state index in [4.69, 9.17) is 4.74 Å². The third kappa shape index (κ3) is 5.44. The molecule has 0 radical (unpaired) electrons. The van der Waals surface area contributed by atoms with Crippen molar-refractivity contribution in [1.29, 1.82) is 0 Å². The van der Waals surface area contributed by atoms with E-state index < -0.39 is 34.0 Å². The lowest BCUT2D eigenvalue weighted by Gasteiger charge is -2.55. The fourth-order valence-corrected chi connectivity index (χ4v) is 4.60. The van der Waals surface area contributed by atoms with Gasteiger partial charge in [-0.05, 0) is 57.1 Å². The molecule has 0 bridgehead atoms. The normalized spacial score (nSPS) is 27.6. The van der Waals surface area contributed by atoms with Crippen LogP contribution in [0, 0.1) is 27.4 Å². The van der Waals surface area contributed by atoms with Crippen molar-refractivity contribution in [3.63, 3.8) is 0 Å². The number of rotatable bonds is 9. The van der Waals surface area contributed by atoms with Gasteiger partial charge in [0, 0.05) is 18.2 Å². The maximum atomic E-state index is 12.9. The topological polar surface area (TPSA) is 116 Å². The zero-order chi connectivity index (χ0) is 25.7. The van der Waals surface area contributed by atoms with Crippen molar-refractivity contribution in [2.75, 3.05) is 7.11 Å². The van der Waals surface area contributed by atoms with Crippen LogP contribution in [0.3, 0.4) is 0 Å². The van der Waals surface area contributed by atoms with Gasteiger partial charge in [0.2, 0.25) is 0 Å². The predicted molar refractivity (Wildman–Crippen MR) is 128 cm³/mol. The average Bonchev–Trinajstić information content (AvgIpc) is 2.81. The van der Waals surface area contributed by atoms with Gasteiger partial charge in [-0.2, -0.15) is 0 Å². The van der Waals surface area contributed by atoms with Gasteiger partial charge in [-0.25, -0.2) is 9.59 Å². The first-order valence-corrected chi connectivity index (χ1v) is 11.1. The summed E-state index contributed by atoms with van der Waals surface area (Å²) in [6, 6.07) is 5.17. The standard InChI is InChI=1S/C26H33NO7/c1-7-25(5)22(34-24(29)19-11-13-21(14-12-19)27(31)32)15-20(17(2)3)16-26(25,30)18(4)9-8-10-23(28)33-6/h7-8,10-14,18,20,22,30H,1-2,9,15-16H2,3-6H3/b10-8+/t18-,20-,22+,25+,26+/m1/s1. The lowest BCUT2D eigenvalue weighted by Crippen LogP contribution is -2.61. The number of carbonyl (C=O) groups excluding carboxylic acids is 2. The fourth-order valence-electron chi connectivity index (χ4n) is 4.60. The van der Waals surface area contributed by atoms with Crippen molar-refractivity contribution < 1.29 is 29.1 Å². The molecule has 8 heteroatoms. The maximum absolute atomic E-state index is 12.9. The molecule has 1 fully saturated rings. The number of methoxy groups -OCH3 is 1. The second-order valence-corrected chi connectivity index (χ2v) is 9.15. The van der Waals surface area contributed by atoms with Crippen molar-refractivity contribution in [2.45, 2.75) is 51.7 Å². The number of nitro groups is 1. The van der Waals surface area contributed by atoms with Gasteiger partial charge in [0.05, 0.1) is 28.6 Å². The Labute approximate surface area is 200 Å². The SMILES string of the molecule is C=C[C@@]1(C)[C@@H](OC(=O)c2ccc([N+](=O)[O-])cc2)C[C@@H](C(=C)C)C[C@]1(O)[C@H](C)C/C=C/C(=O)OC. The highest BCUT2D eigenvalue weighted by molar-refractivity contribution is 5.89. The van der Waals surface area contributed by atoms with E-state index in [1.807, 2.05) is 20.8 Å². The molecule has 1 saturated carbocycles. The molecule has 0 saturated heterocycles. The summed E-state index contributed by atoms with van der Waals surface area (Å²) < 4.78 is 10.5. The summed E-state index contributed by atoms with van der Waals surface area (Å²) in [4.78, 5) is 34.7. The van der Waals surface area contributed by atoms with Crippen LogP contribution in [0.4, 0.5) is 5.69 Å². The molecule has 1 aliphatic rings. The molecule has 2 rings (SSSR count). The monoisotopic (exact) mass is 471 g/mol. The summed E-state index contributed by atoms with van der Waals surface area (Å²) in [7, 11) is 1.29. The Kier molecular flexibility index (Phi) is 8.56. The molecule has 0 unspecified atom stereocenters. The van der Waals surface area contributed by atoms with Gasteiger partial charge in [-0.1, -0.05) is 31.2 Å². The highest BCUT2D eigenvalue weighted by atomic mass is 16.6. The number of aliphatic hydroxyl groups is 1. The highest BCUT2D eigenvalue weighted by Crippen LogP contribution is 2.54. The van der Waals surface area contributed by atoms with Gasteiger partial charge < -0.3 is 14.6 Å². The lowest BCUT2D eigenvalue weighted by molar-refractivity contribution is -0.384. The Morgan fingerprint density at radius 2 is 1.97 bits per heavy atom. The molecule has 0 spiro atoms. The number of non-ortho nitro benzene ring substituents is 1. The summed E-state index contributed by atoms with van der Waals surface area (Å²) in [6.07, 6.45) is 5.10. The van der Waals surface area contributed by atoms with Crippen LogP contribution in [-0.2, 0) is 14.3 Å². The van der Waals surface area contributed by atoms with Crippen LogP contribution in [-0.4, -0.2) is 40.8 Å². The Hall–Kier alpha value is -3.26. The van der Waals surface area contributed by atoms with E-state index in [0.29, 0.717) is 19.3 Å². The van der Waals surface area contributed by atoms with E-state index in [-0.39, 0.29) is 23.1 Å². The molecule has 0 aliphatic heterocycles. The molecule has 1 aromatic rings. The average molecular weight is 472 g/mol. The second kappa shape index (κ2) is 10.8. The van der Waals surface area contributed by atoms with Crippen molar-refractivity contribution in [2.24, 2.45) is 17.3 Å². The zero-order valence-corrected chi connectivity index (χ0v) is 20.2. The van der Waals surface area contributed by atoms with Crippen LogP contribution in [0.1, 0.15) is 50.4 Å². The molecule has 1 aromatic carbocycles. The first-order chi connectivity index (χ1) is 15.9. The van der Waals surface area contributed by atoms with Crippen molar-refractivity contribution in [3.05, 3.63) is 76.9 Å². The molecular weight excluding hydrogens is 438 g/mol. The summed E-state index contributed by atoms with van der Waals surface area (Å²) in [6.45, 7) is 13.6. The molecule has 1 N–H and O–H groups in total.